The number of ketones is 1. The van der Waals surface area contributed by atoms with Crippen LogP contribution in [0.2, 0.25) is 0 Å². The van der Waals surface area contributed by atoms with E-state index in [1.165, 1.54) is 6.92 Å². The lowest BCUT2D eigenvalue weighted by molar-refractivity contribution is -0.133. The van der Waals surface area contributed by atoms with Crippen LogP contribution in [0.25, 0.3) is 0 Å². The van der Waals surface area contributed by atoms with Gasteiger partial charge in [0.25, 0.3) is 5.91 Å². The minimum absolute atomic E-state index is 0.0305. The Morgan fingerprint density at radius 2 is 1.89 bits per heavy atom. The molecule has 0 saturated heterocycles. The number of aryl methyl sites for hydroxylation is 1. The third-order valence-electron chi connectivity index (χ3n) is 3.23. The fraction of sp³-hybridized carbons (Fsp3) is 0.286. The van der Waals surface area contributed by atoms with Gasteiger partial charge in [-0.15, -0.1) is 0 Å². The van der Waals surface area contributed by atoms with E-state index in [1.807, 2.05) is 19.1 Å². The van der Waals surface area contributed by atoms with Crippen LogP contribution in [0.4, 0.5) is 0 Å². The third-order valence-corrected chi connectivity index (χ3v) is 3.23. The van der Waals surface area contributed by atoms with Gasteiger partial charge in [-0.2, -0.15) is 0 Å². The van der Waals surface area contributed by atoms with E-state index in [2.05, 4.69) is 0 Å². The Labute approximate surface area is 110 Å². The summed E-state index contributed by atoms with van der Waals surface area (Å²) in [5.41, 5.74) is 1.76. The minimum atomic E-state index is -0.726. The number of carbonyl (C=O) groups excluding carboxylic acids is 2. The smallest absolute Gasteiger partial charge is 0.291 e. The normalized spacial score (nSPS) is 19.2. The first-order valence-electron chi connectivity index (χ1n) is 5.89. The molecule has 0 fully saturated rings. The average Bonchev–Trinajstić information content (AvgIpc) is 2.63. The summed E-state index contributed by atoms with van der Waals surface area (Å²) in [6.45, 7) is 2.66. The molecule has 0 saturated carbocycles. The maximum absolute atomic E-state index is 11.8. The lowest BCUT2D eigenvalue weighted by Crippen LogP contribution is -2.31. The molecule has 2 rings (SSSR count). The van der Waals surface area contributed by atoms with Crippen LogP contribution in [0.3, 0.4) is 0 Å². The van der Waals surface area contributed by atoms with E-state index in [9.17, 15) is 19.8 Å². The predicted octanol–water partition coefficient (Wildman–Crippen LogP) is 1.23. The van der Waals surface area contributed by atoms with Gasteiger partial charge in [0.15, 0.2) is 11.5 Å². The zero-order valence-electron chi connectivity index (χ0n) is 10.8. The Balaban J connectivity index is 2.54. The molecule has 0 bridgehead atoms. The maximum Gasteiger partial charge on any atom is 0.291 e. The highest BCUT2D eigenvalue weighted by molar-refractivity contribution is 6.08. The zero-order valence-corrected chi connectivity index (χ0v) is 10.8. The molecule has 0 aliphatic carbocycles. The average molecular weight is 261 g/mol. The number of hydrogen-bond donors (Lipinski definition) is 2. The molecule has 0 spiro atoms. The van der Waals surface area contributed by atoms with Gasteiger partial charge < -0.3 is 15.1 Å². The molecule has 0 radical (unpaired) electrons. The summed E-state index contributed by atoms with van der Waals surface area (Å²) >= 11 is 0. The molecule has 19 heavy (non-hydrogen) atoms. The van der Waals surface area contributed by atoms with Crippen LogP contribution in [0.1, 0.15) is 24.1 Å². The van der Waals surface area contributed by atoms with Gasteiger partial charge >= 0.3 is 0 Å². The Bertz CT molecular complexity index is 559. The number of rotatable bonds is 3. The number of nitrogens with zero attached hydrogens (tertiary/aromatic N) is 1. The summed E-state index contributed by atoms with van der Waals surface area (Å²) < 4.78 is 0. The van der Waals surface area contributed by atoms with E-state index in [4.69, 9.17) is 0 Å². The lowest BCUT2D eigenvalue weighted by atomic mass is 9.96. The quantitative estimate of drug-likeness (QED) is 0.857. The summed E-state index contributed by atoms with van der Waals surface area (Å²) in [6.07, 6.45) is 0. The van der Waals surface area contributed by atoms with E-state index in [0.717, 1.165) is 10.5 Å². The molecule has 1 atom stereocenters. The van der Waals surface area contributed by atoms with Gasteiger partial charge in [0.2, 0.25) is 0 Å². The molecule has 0 aromatic heterocycles. The zero-order chi connectivity index (χ0) is 14.2. The molecule has 5 heteroatoms. The van der Waals surface area contributed by atoms with Gasteiger partial charge in [0.1, 0.15) is 6.73 Å². The molecule has 1 aliphatic heterocycles. The van der Waals surface area contributed by atoms with Crippen molar-refractivity contribution >= 4 is 11.7 Å². The number of benzene rings is 1. The van der Waals surface area contributed by atoms with Crippen LogP contribution < -0.4 is 0 Å². The standard InChI is InChI=1S/C14H15NO4/c1-8-3-5-10(6-4-8)12-11(9(2)17)13(18)14(19)15(12)7-16/h3-6,12,16,18H,7H2,1-2H3/t12-/m0/s1. The van der Waals surface area contributed by atoms with Crippen LogP contribution in [0.15, 0.2) is 35.6 Å². The number of hydrogen-bond acceptors (Lipinski definition) is 4. The second kappa shape index (κ2) is 4.85. The molecule has 1 aliphatic rings. The Hall–Kier alpha value is -2.14. The molecule has 5 nitrogen and oxygen atoms in total. The van der Waals surface area contributed by atoms with Gasteiger partial charge in [-0.3, -0.25) is 9.59 Å². The molecule has 1 aromatic rings. The van der Waals surface area contributed by atoms with Crippen molar-refractivity contribution in [1.29, 1.82) is 0 Å². The van der Waals surface area contributed by atoms with Gasteiger partial charge in [0, 0.05) is 0 Å². The van der Waals surface area contributed by atoms with Crippen molar-refractivity contribution in [3.8, 4) is 0 Å². The van der Waals surface area contributed by atoms with Gasteiger partial charge in [-0.05, 0) is 19.4 Å². The first-order chi connectivity index (χ1) is 8.97. The predicted molar refractivity (Wildman–Crippen MR) is 68.2 cm³/mol. The summed E-state index contributed by atoms with van der Waals surface area (Å²) in [7, 11) is 0. The number of carbonyl (C=O) groups is 2. The number of aliphatic hydroxyl groups excluding tert-OH is 2. The Morgan fingerprint density at radius 1 is 1.32 bits per heavy atom. The van der Waals surface area contributed by atoms with Crippen LogP contribution in [-0.2, 0) is 9.59 Å². The minimum Gasteiger partial charge on any atom is -0.503 e. The van der Waals surface area contributed by atoms with Gasteiger partial charge in [0.05, 0.1) is 11.6 Å². The fourth-order valence-electron chi connectivity index (χ4n) is 2.25. The van der Waals surface area contributed by atoms with Crippen LogP contribution >= 0.6 is 0 Å². The highest BCUT2D eigenvalue weighted by Gasteiger charge is 2.41. The summed E-state index contributed by atoms with van der Waals surface area (Å²) in [5.74, 6) is -1.68. The highest BCUT2D eigenvalue weighted by Crippen LogP contribution is 2.37. The van der Waals surface area contributed by atoms with Gasteiger partial charge in [-0.25, -0.2) is 0 Å². The van der Waals surface area contributed by atoms with Crippen molar-refractivity contribution < 1.29 is 19.8 Å². The third kappa shape index (κ3) is 2.13. The van der Waals surface area contributed by atoms with Crippen LogP contribution in [0, 0.1) is 6.92 Å². The van der Waals surface area contributed by atoms with Gasteiger partial charge in [-0.1, -0.05) is 29.8 Å². The van der Waals surface area contributed by atoms with Crippen molar-refractivity contribution in [2.75, 3.05) is 6.73 Å². The van der Waals surface area contributed by atoms with E-state index < -0.39 is 24.4 Å². The second-order valence-electron chi connectivity index (χ2n) is 4.55. The first-order valence-corrected chi connectivity index (χ1v) is 5.89. The molecule has 0 unspecified atom stereocenters. The topological polar surface area (TPSA) is 77.8 Å². The maximum atomic E-state index is 11.8. The van der Waals surface area contributed by atoms with Crippen molar-refractivity contribution in [3.63, 3.8) is 0 Å². The molecule has 100 valence electrons. The molecule has 1 heterocycles. The highest BCUT2D eigenvalue weighted by atomic mass is 16.3. The molecule has 2 N–H and O–H groups in total. The van der Waals surface area contributed by atoms with Crippen molar-refractivity contribution in [1.82, 2.24) is 4.90 Å². The first kappa shape index (κ1) is 13.3. The Kier molecular flexibility index (Phi) is 3.40. The molecular formula is C14H15NO4. The summed E-state index contributed by atoms with van der Waals surface area (Å²) in [4.78, 5) is 24.5. The SMILES string of the molecule is CC(=O)C1=C(O)C(=O)N(CO)[C@H]1c1ccc(C)cc1. The number of aliphatic hydroxyl groups is 2. The van der Waals surface area contributed by atoms with Crippen LogP contribution in [-0.4, -0.2) is 33.5 Å². The van der Waals surface area contributed by atoms with Crippen molar-refractivity contribution in [2.45, 2.75) is 19.9 Å². The molecule has 1 aromatic carbocycles. The van der Waals surface area contributed by atoms with E-state index in [0.29, 0.717) is 5.56 Å². The van der Waals surface area contributed by atoms with E-state index in [1.54, 1.807) is 12.1 Å². The summed E-state index contributed by atoms with van der Waals surface area (Å²) in [6, 6.07) is 6.52. The molecular weight excluding hydrogens is 246 g/mol. The van der Waals surface area contributed by atoms with E-state index in [-0.39, 0.29) is 11.4 Å². The lowest BCUT2D eigenvalue weighted by Gasteiger charge is -2.24. The second-order valence-corrected chi connectivity index (χ2v) is 4.55. The van der Waals surface area contributed by atoms with Crippen molar-refractivity contribution in [3.05, 3.63) is 46.7 Å². The fourth-order valence-corrected chi connectivity index (χ4v) is 2.25. The Morgan fingerprint density at radius 3 is 2.37 bits per heavy atom. The van der Waals surface area contributed by atoms with E-state index >= 15 is 0 Å². The largest absolute Gasteiger partial charge is 0.503 e. The van der Waals surface area contributed by atoms with Crippen molar-refractivity contribution in [2.24, 2.45) is 0 Å². The van der Waals surface area contributed by atoms with Crippen LogP contribution in [0.5, 0.6) is 0 Å². The number of Topliss-reactive ketones (excluding diaryl/α,β-unsaturated/α-hetero) is 1. The molecule has 1 amide bonds. The number of amides is 1. The monoisotopic (exact) mass is 261 g/mol. The summed E-state index contributed by atoms with van der Waals surface area (Å²) in [5, 5.41) is 19.1.